The summed E-state index contributed by atoms with van der Waals surface area (Å²) in [5, 5.41) is 8.37. The lowest BCUT2D eigenvalue weighted by Gasteiger charge is -2.19. The molecular formula is C16H17N5O. The highest BCUT2D eigenvalue weighted by Gasteiger charge is 2.34. The molecule has 0 aromatic carbocycles. The van der Waals surface area contributed by atoms with Crippen molar-refractivity contribution in [1.82, 2.24) is 20.1 Å². The summed E-state index contributed by atoms with van der Waals surface area (Å²) >= 11 is 0. The van der Waals surface area contributed by atoms with Gasteiger partial charge >= 0.3 is 0 Å². The molecule has 0 radical (unpaired) electrons. The third-order valence-corrected chi connectivity index (χ3v) is 4.08. The maximum Gasteiger partial charge on any atom is 0.263 e. The normalized spacial score (nSPS) is 15.9. The lowest BCUT2D eigenvalue weighted by Crippen LogP contribution is -2.15. The molecule has 0 aliphatic heterocycles. The Kier molecular flexibility index (Phi) is 3.03. The van der Waals surface area contributed by atoms with Gasteiger partial charge in [0.25, 0.3) is 5.71 Å². The van der Waals surface area contributed by atoms with Crippen LogP contribution in [0.5, 0.6) is 0 Å². The van der Waals surface area contributed by atoms with Crippen LogP contribution < -0.4 is 5.32 Å². The minimum Gasteiger partial charge on any atom is -0.361 e. The van der Waals surface area contributed by atoms with E-state index in [0.717, 1.165) is 22.6 Å². The Morgan fingerprint density at radius 1 is 1.23 bits per heavy atom. The summed E-state index contributed by atoms with van der Waals surface area (Å²) < 4.78 is 5.22. The van der Waals surface area contributed by atoms with Gasteiger partial charge in [-0.3, -0.25) is 4.98 Å². The maximum atomic E-state index is 5.22. The minimum absolute atomic E-state index is 0.160. The van der Waals surface area contributed by atoms with Gasteiger partial charge in [0.05, 0.1) is 17.4 Å². The molecule has 6 nitrogen and oxygen atoms in total. The summed E-state index contributed by atoms with van der Waals surface area (Å²) in [4.78, 5) is 13.1. The highest BCUT2D eigenvalue weighted by atomic mass is 16.5. The van der Waals surface area contributed by atoms with Crippen LogP contribution in [-0.4, -0.2) is 20.1 Å². The summed E-state index contributed by atoms with van der Waals surface area (Å²) in [6.45, 7) is 3.99. The molecule has 1 aliphatic carbocycles. The average Bonchev–Trinajstić information content (AvgIpc) is 3.28. The second kappa shape index (κ2) is 5.05. The van der Waals surface area contributed by atoms with Gasteiger partial charge in [-0.1, -0.05) is 5.16 Å². The van der Waals surface area contributed by atoms with Gasteiger partial charge in [0.1, 0.15) is 17.5 Å². The third-order valence-electron chi connectivity index (χ3n) is 4.08. The Labute approximate surface area is 128 Å². The largest absolute Gasteiger partial charge is 0.361 e. The number of pyridine rings is 1. The van der Waals surface area contributed by atoms with E-state index in [1.165, 1.54) is 24.7 Å². The molecule has 4 rings (SSSR count). The molecule has 1 N–H and O–H groups in total. The topological polar surface area (TPSA) is 76.7 Å². The van der Waals surface area contributed by atoms with Crippen LogP contribution in [0.3, 0.4) is 0 Å². The molecule has 0 amide bonds. The number of anilines is 1. The second-order valence-electron chi connectivity index (χ2n) is 5.89. The third kappa shape index (κ3) is 2.30. The van der Waals surface area contributed by atoms with E-state index in [1.807, 2.05) is 19.2 Å². The van der Waals surface area contributed by atoms with E-state index < -0.39 is 0 Å². The number of aryl methyl sites for hydroxylation is 2. The first kappa shape index (κ1) is 13.2. The number of nitrogens with one attached hydrogen (secondary N) is 1. The monoisotopic (exact) mass is 295 g/mol. The summed E-state index contributed by atoms with van der Waals surface area (Å²) in [6.07, 6.45) is 5.79. The van der Waals surface area contributed by atoms with Crippen LogP contribution >= 0.6 is 0 Å². The van der Waals surface area contributed by atoms with E-state index >= 15 is 0 Å². The number of aromatic nitrogens is 4. The van der Waals surface area contributed by atoms with Crippen molar-refractivity contribution in [3.63, 3.8) is 0 Å². The van der Waals surface area contributed by atoms with Crippen molar-refractivity contribution in [2.24, 2.45) is 5.92 Å². The minimum atomic E-state index is 0.160. The van der Waals surface area contributed by atoms with Gasteiger partial charge in [0.15, 0.2) is 0 Å². The van der Waals surface area contributed by atoms with Crippen molar-refractivity contribution in [1.29, 1.82) is 0 Å². The van der Waals surface area contributed by atoms with Crippen LogP contribution in [0.2, 0.25) is 0 Å². The van der Waals surface area contributed by atoms with Crippen LogP contribution in [0.1, 0.15) is 35.8 Å². The quantitative estimate of drug-likeness (QED) is 0.796. The summed E-state index contributed by atoms with van der Waals surface area (Å²) in [7, 11) is 0. The SMILES string of the molecule is Cc1ccnc([C@H](Nc2ncnc3onc(C)c23)C2CC2)c1. The van der Waals surface area contributed by atoms with Gasteiger partial charge in [0.2, 0.25) is 0 Å². The van der Waals surface area contributed by atoms with Crippen LogP contribution in [0.25, 0.3) is 11.1 Å². The highest BCUT2D eigenvalue weighted by Crippen LogP contribution is 2.43. The van der Waals surface area contributed by atoms with Crippen LogP contribution in [-0.2, 0) is 0 Å². The summed E-state index contributed by atoms with van der Waals surface area (Å²) in [5.74, 6) is 1.36. The molecule has 0 unspecified atom stereocenters. The Morgan fingerprint density at radius 2 is 2.09 bits per heavy atom. The molecule has 1 atom stereocenters. The van der Waals surface area contributed by atoms with Crippen LogP contribution in [0.15, 0.2) is 29.2 Å². The fourth-order valence-corrected chi connectivity index (χ4v) is 2.77. The molecule has 0 bridgehead atoms. The number of fused-ring (bicyclic) bond motifs is 1. The number of hydrogen-bond donors (Lipinski definition) is 1. The molecule has 3 heterocycles. The van der Waals surface area contributed by atoms with Gasteiger partial charge in [-0.25, -0.2) is 4.98 Å². The number of nitrogens with zero attached hydrogens (tertiary/aromatic N) is 4. The first-order valence-corrected chi connectivity index (χ1v) is 7.48. The van der Waals surface area contributed by atoms with Gasteiger partial charge < -0.3 is 9.84 Å². The summed E-state index contributed by atoms with van der Waals surface area (Å²) in [6, 6.07) is 4.31. The molecule has 1 saturated carbocycles. The van der Waals surface area contributed by atoms with E-state index in [-0.39, 0.29) is 6.04 Å². The predicted octanol–water partition coefficient (Wildman–Crippen LogP) is 3.19. The Hall–Kier alpha value is -2.50. The zero-order valence-electron chi connectivity index (χ0n) is 12.6. The fraction of sp³-hybridized carbons (Fsp3) is 0.375. The fourth-order valence-electron chi connectivity index (χ4n) is 2.77. The zero-order valence-corrected chi connectivity index (χ0v) is 12.6. The van der Waals surface area contributed by atoms with E-state index in [4.69, 9.17) is 4.52 Å². The molecule has 112 valence electrons. The van der Waals surface area contributed by atoms with E-state index in [2.05, 4.69) is 38.4 Å². The second-order valence-corrected chi connectivity index (χ2v) is 5.89. The van der Waals surface area contributed by atoms with Crippen molar-refractivity contribution < 1.29 is 4.52 Å². The molecule has 6 heteroatoms. The van der Waals surface area contributed by atoms with Crippen molar-refractivity contribution in [3.05, 3.63) is 41.6 Å². The van der Waals surface area contributed by atoms with Gasteiger partial charge in [0, 0.05) is 6.20 Å². The number of hydrogen-bond acceptors (Lipinski definition) is 6. The lowest BCUT2D eigenvalue weighted by molar-refractivity contribution is 0.442. The van der Waals surface area contributed by atoms with E-state index in [0.29, 0.717) is 11.6 Å². The molecule has 1 aliphatic rings. The smallest absolute Gasteiger partial charge is 0.263 e. The lowest BCUT2D eigenvalue weighted by atomic mass is 10.1. The van der Waals surface area contributed by atoms with Crippen LogP contribution in [0, 0.1) is 19.8 Å². The van der Waals surface area contributed by atoms with E-state index in [1.54, 1.807) is 0 Å². The first-order valence-electron chi connectivity index (χ1n) is 7.48. The Bertz CT molecular complexity index is 824. The van der Waals surface area contributed by atoms with Crippen molar-refractivity contribution in [3.8, 4) is 0 Å². The van der Waals surface area contributed by atoms with Gasteiger partial charge in [-0.15, -0.1) is 0 Å². The zero-order chi connectivity index (χ0) is 15.1. The van der Waals surface area contributed by atoms with Crippen molar-refractivity contribution in [2.45, 2.75) is 32.7 Å². The average molecular weight is 295 g/mol. The van der Waals surface area contributed by atoms with Crippen molar-refractivity contribution >= 4 is 16.9 Å². The summed E-state index contributed by atoms with van der Waals surface area (Å²) in [5.41, 5.74) is 3.58. The van der Waals surface area contributed by atoms with Gasteiger partial charge in [-0.05, 0) is 50.3 Å². The maximum absolute atomic E-state index is 5.22. The van der Waals surface area contributed by atoms with E-state index in [9.17, 15) is 0 Å². The Balaban J connectivity index is 1.74. The highest BCUT2D eigenvalue weighted by molar-refractivity contribution is 5.87. The molecular weight excluding hydrogens is 278 g/mol. The molecule has 3 aromatic heterocycles. The van der Waals surface area contributed by atoms with Crippen molar-refractivity contribution in [2.75, 3.05) is 5.32 Å². The molecule has 0 saturated heterocycles. The predicted molar refractivity (Wildman–Crippen MR) is 82.4 cm³/mol. The van der Waals surface area contributed by atoms with Crippen LogP contribution in [0.4, 0.5) is 5.82 Å². The molecule has 3 aromatic rings. The van der Waals surface area contributed by atoms with Gasteiger partial charge in [-0.2, -0.15) is 4.98 Å². The first-order chi connectivity index (χ1) is 10.7. The molecule has 1 fully saturated rings. The Morgan fingerprint density at radius 3 is 2.86 bits per heavy atom. The molecule has 0 spiro atoms. The molecule has 22 heavy (non-hydrogen) atoms. The standard InChI is InChI=1S/C16H17N5O/c1-9-5-6-17-12(7-9)14(11-3-4-11)20-15-13-10(2)21-22-16(13)19-8-18-15/h5-8,11,14H,3-4H2,1-2H3,(H,18,19,20)/t14-/m1/s1. The number of rotatable bonds is 4.